The van der Waals surface area contributed by atoms with E-state index in [9.17, 15) is 0 Å². The highest BCUT2D eigenvalue weighted by Gasteiger charge is 2.14. The minimum atomic E-state index is 0.113. The summed E-state index contributed by atoms with van der Waals surface area (Å²) in [6.07, 6.45) is 1.58. The fourth-order valence-electron chi connectivity index (χ4n) is 1.74. The lowest BCUT2D eigenvalue weighted by molar-refractivity contribution is 0.880. The van der Waals surface area contributed by atoms with Gasteiger partial charge in [-0.15, -0.1) is 11.3 Å². The zero-order valence-electron chi connectivity index (χ0n) is 10.3. The Morgan fingerprint density at radius 2 is 2.06 bits per heavy atom. The molecule has 96 valence electrons. The normalized spacial score (nSPS) is 12.5. The van der Waals surface area contributed by atoms with Gasteiger partial charge in [0.15, 0.2) is 0 Å². The number of aromatic nitrogens is 2. The van der Waals surface area contributed by atoms with Crippen LogP contribution in [0.4, 0.5) is 5.82 Å². The summed E-state index contributed by atoms with van der Waals surface area (Å²) in [5.74, 6) is 0.638. The fourth-order valence-corrected chi connectivity index (χ4v) is 3.10. The molecule has 6 heteroatoms. The summed E-state index contributed by atoms with van der Waals surface area (Å²) < 4.78 is 0. The molecule has 0 spiro atoms. The number of anilines is 1. The summed E-state index contributed by atoms with van der Waals surface area (Å²) in [5, 5.41) is 5.39. The molecule has 2 aromatic heterocycles. The number of aryl methyl sites for hydroxylation is 2. The van der Waals surface area contributed by atoms with Crippen molar-refractivity contribution in [2.45, 2.75) is 26.8 Å². The average Bonchev–Trinajstić information content (AvgIpc) is 2.62. The van der Waals surface area contributed by atoms with E-state index < -0.39 is 0 Å². The molecule has 0 saturated carbocycles. The molecule has 0 bridgehead atoms. The van der Waals surface area contributed by atoms with E-state index in [2.05, 4.69) is 22.2 Å². The third-order valence-electron chi connectivity index (χ3n) is 2.49. The van der Waals surface area contributed by atoms with Crippen LogP contribution in [0.3, 0.4) is 0 Å². The molecule has 0 aliphatic heterocycles. The van der Waals surface area contributed by atoms with Gasteiger partial charge < -0.3 is 5.32 Å². The number of nitrogens with zero attached hydrogens (tertiary/aromatic N) is 2. The predicted molar refractivity (Wildman–Crippen MR) is 77.9 cm³/mol. The largest absolute Gasteiger partial charge is 0.361 e. The van der Waals surface area contributed by atoms with Gasteiger partial charge in [-0.2, -0.15) is 0 Å². The van der Waals surface area contributed by atoms with Crippen molar-refractivity contribution in [3.63, 3.8) is 0 Å². The third kappa shape index (κ3) is 2.94. The Morgan fingerprint density at radius 1 is 1.33 bits per heavy atom. The standard InChI is InChI=1S/C12H13Cl2N3S/c1-6-11(18-8(3)16-6)7(2)17-12-10(14)4-9(13)5-15-12/h4-5,7H,1-3H3,(H,15,17). The minimum Gasteiger partial charge on any atom is -0.361 e. The van der Waals surface area contributed by atoms with E-state index in [0.29, 0.717) is 15.9 Å². The van der Waals surface area contributed by atoms with Gasteiger partial charge in [-0.1, -0.05) is 23.2 Å². The summed E-state index contributed by atoms with van der Waals surface area (Å²) in [6.45, 7) is 6.07. The molecule has 2 heterocycles. The highest BCUT2D eigenvalue weighted by Crippen LogP contribution is 2.30. The summed E-state index contributed by atoms with van der Waals surface area (Å²) in [7, 11) is 0. The molecule has 0 fully saturated rings. The highest BCUT2D eigenvalue weighted by atomic mass is 35.5. The van der Waals surface area contributed by atoms with Crippen molar-refractivity contribution in [2.24, 2.45) is 0 Å². The molecule has 0 amide bonds. The van der Waals surface area contributed by atoms with E-state index in [1.54, 1.807) is 23.6 Å². The average molecular weight is 302 g/mol. The maximum Gasteiger partial charge on any atom is 0.145 e. The molecular weight excluding hydrogens is 289 g/mol. The first kappa shape index (κ1) is 13.6. The van der Waals surface area contributed by atoms with Crippen molar-refractivity contribution in [1.29, 1.82) is 0 Å². The van der Waals surface area contributed by atoms with Gasteiger partial charge in [-0.3, -0.25) is 0 Å². The SMILES string of the molecule is Cc1nc(C)c(C(C)Nc2ncc(Cl)cc2Cl)s1. The molecule has 0 aliphatic rings. The molecule has 0 aromatic carbocycles. The highest BCUT2D eigenvalue weighted by molar-refractivity contribution is 7.11. The molecule has 2 aromatic rings. The first-order valence-electron chi connectivity index (χ1n) is 5.49. The Morgan fingerprint density at radius 3 is 2.61 bits per heavy atom. The quantitative estimate of drug-likeness (QED) is 0.898. The van der Waals surface area contributed by atoms with Crippen LogP contribution in [0.1, 0.15) is 28.5 Å². The molecule has 0 radical (unpaired) electrons. The molecule has 0 aliphatic carbocycles. The summed E-state index contributed by atoms with van der Waals surface area (Å²) in [5.41, 5.74) is 1.04. The Labute approximate surface area is 120 Å². The van der Waals surface area contributed by atoms with Crippen molar-refractivity contribution >= 4 is 40.4 Å². The second-order valence-electron chi connectivity index (χ2n) is 4.03. The van der Waals surface area contributed by atoms with Crippen LogP contribution in [-0.4, -0.2) is 9.97 Å². The summed E-state index contributed by atoms with van der Waals surface area (Å²) in [6, 6.07) is 1.79. The van der Waals surface area contributed by atoms with Gasteiger partial charge in [0.1, 0.15) is 5.82 Å². The topological polar surface area (TPSA) is 37.8 Å². The zero-order valence-corrected chi connectivity index (χ0v) is 12.6. The maximum atomic E-state index is 6.08. The molecule has 0 saturated heterocycles. The molecule has 1 atom stereocenters. The van der Waals surface area contributed by atoms with E-state index in [0.717, 1.165) is 10.7 Å². The van der Waals surface area contributed by atoms with E-state index in [4.69, 9.17) is 23.2 Å². The Bertz CT molecular complexity index is 568. The summed E-state index contributed by atoms with van der Waals surface area (Å²) in [4.78, 5) is 9.80. The number of rotatable bonds is 3. The fraction of sp³-hybridized carbons (Fsp3) is 0.333. The monoisotopic (exact) mass is 301 g/mol. The number of nitrogens with one attached hydrogen (secondary N) is 1. The van der Waals surface area contributed by atoms with Gasteiger partial charge in [0.25, 0.3) is 0 Å². The Hall–Kier alpha value is -0.840. The van der Waals surface area contributed by atoms with Gasteiger partial charge in [-0.25, -0.2) is 9.97 Å². The molecule has 1 N–H and O–H groups in total. The van der Waals surface area contributed by atoms with Crippen LogP contribution in [0.25, 0.3) is 0 Å². The summed E-state index contributed by atoms with van der Waals surface area (Å²) >= 11 is 13.6. The molecular formula is C12H13Cl2N3S. The van der Waals surface area contributed by atoms with E-state index in [-0.39, 0.29) is 6.04 Å². The van der Waals surface area contributed by atoms with Crippen molar-refractivity contribution in [1.82, 2.24) is 9.97 Å². The number of hydrogen-bond donors (Lipinski definition) is 1. The lowest BCUT2D eigenvalue weighted by Crippen LogP contribution is -2.08. The Kier molecular flexibility index (Phi) is 4.10. The first-order valence-corrected chi connectivity index (χ1v) is 7.06. The van der Waals surface area contributed by atoms with E-state index >= 15 is 0 Å². The Balaban J connectivity index is 2.21. The number of pyridine rings is 1. The number of thiazole rings is 1. The van der Waals surface area contributed by atoms with Crippen LogP contribution in [0.2, 0.25) is 10.0 Å². The lowest BCUT2D eigenvalue weighted by Gasteiger charge is -2.14. The van der Waals surface area contributed by atoms with Crippen LogP contribution in [0.15, 0.2) is 12.3 Å². The maximum absolute atomic E-state index is 6.08. The minimum absolute atomic E-state index is 0.113. The van der Waals surface area contributed by atoms with Crippen molar-refractivity contribution in [3.8, 4) is 0 Å². The smallest absolute Gasteiger partial charge is 0.145 e. The molecule has 2 rings (SSSR count). The van der Waals surface area contributed by atoms with Gasteiger partial charge in [0, 0.05) is 11.1 Å². The van der Waals surface area contributed by atoms with Crippen LogP contribution in [0.5, 0.6) is 0 Å². The lowest BCUT2D eigenvalue weighted by atomic mass is 10.2. The second kappa shape index (κ2) is 5.43. The van der Waals surface area contributed by atoms with Gasteiger partial charge in [-0.05, 0) is 26.8 Å². The van der Waals surface area contributed by atoms with E-state index in [1.165, 1.54) is 4.88 Å². The van der Waals surface area contributed by atoms with Crippen molar-refractivity contribution in [2.75, 3.05) is 5.32 Å². The third-order valence-corrected chi connectivity index (χ3v) is 4.24. The van der Waals surface area contributed by atoms with Crippen LogP contribution in [-0.2, 0) is 0 Å². The van der Waals surface area contributed by atoms with Crippen molar-refractivity contribution < 1.29 is 0 Å². The molecule has 18 heavy (non-hydrogen) atoms. The van der Waals surface area contributed by atoms with Crippen LogP contribution < -0.4 is 5.32 Å². The molecule has 3 nitrogen and oxygen atoms in total. The van der Waals surface area contributed by atoms with E-state index in [1.807, 2.05) is 13.8 Å². The van der Waals surface area contributed by atoms with Gasteiger partial charge in [0.05, 0.1) is 26.8 Å². The number of halogens is 2. The molecule has 1 unspecified atom stereocenters. The number of hydrogen-bond acceptors (Lipinski definition) is 4. The second-order valence-corrected chi connectivity index (χ2v) is 6.11. The first-order chi connectivity index (χ1) is 8.47. The van der Waals surface area contributed by atoms with Crippen molar-refractivity contribution in [3.05, 3.63) is 37.9 Å². The predicted octanol–water partition coefficient (Wildman–Crippen LogP) is 4.63. The van der Waals surface area contributed by atoms with Crippen LogP contribution in [0, 0.1) is 13.8 Å². The van der Waals surface area contributed by atoms with Crippen LogP contribution >= 0.6 is 34.5 Å². The van der Waals surface area contributed by atoms with Gasteiger partial charge >= 0.3 is 0 Å². The van der Waals surface area contributed by atoms with Gasteiger partial charge in [0.2, 0.25) is 0 Å². The zero-order chi connectivity index (χ0) is 13.3.